The maximum atomic E-state index is 13.8. The molecule has 2 saturated heterocycles. The van der Waals surface area contributed by atoms with E-state index in [0.29, 0.717) is 5.69 Å². The lowest BCUT2D eigenvalue weighted by molar-refractivity contribution is -0.135. The minimum Gasteiger partial charge on any atom is -0.359 e. The lowest BCUT2D eigenvalue weighted by atomic mass is 9.79. The van der Waals surface area contributed by atoms with E-state index in [4.69, 9.17) is 0 Å². The Kier molecular flexibility index (Phi) is 4.45. The highest BCUT2D eigenvalue weighted by molar-refractivity contribution is 6.24. The van der Waals surface area contributed by atoms with Crippen molar-refractivity contribution in [1.29, 1.82) is 0 Å². The maximum Gasteiger partial charge on any atom is 0.240 e. The molecule has 3 aliphatic heterocycles. The smallest absolute Gasteiger partial charge is 0.240 e. The normalized spacial score (nSPS) is 26.3. The third kappa shape index (κ3) is 2.87. The van der Waals surface area contributed by atoms with Crippen molar-refractivity contribution in [3.63, 3.8) is 0 Å². The van der Waals surface area contributed by atoms with E-state index >= 15 is 0 Å². The molecule has 0 spiro atoms. The molecule has 2 fully saturated rings. The number of benzene rings is 2. The van der Waals surface area contributed by atoms with Crippen molar-refractivity contribution in [2.45, 2.75) is 46.7 Å². The average Bonchev–Trinajstić information content (AvgIpc) is 3.19. The van der Waals surface area contributed by atoms with Crippen LogP contribution < -0.4 is 4.90 Å². The first-order valence-corrected chi connectivity index (χ1v) is 11.1. The van der Waals surface area contributed by atoms with Crippen molar-refractivity contribution in [2.75, 3.05) is 4.90 Å². The summed E-state index contributed by atoms with van der Waals surface area (Å²) in [7, 11) is 0. The topological polar surface area (TPSA) is 57.7 Å². The van der Waals surface area contributed by atoms with Crippen LogP contribution in [0, 0.1) is 31.1 Å². The van der Waals surface area contributed by atoms with Crippen LogP contribution in [0.2, 0.25) is 0 Å². The molecule has 0 aliphatic carbocycles. The Labute approximate surface area is 188 Å². The van der Waals surface area contributed by atoms with Gasteiger partial charge < -0.3 is 4.90 Å². The maximum absolute atomic E-state index is 13.8. The Bertz CT molecular complexity index is 1170. The van der Waals surface area contributed by atoms with Crippen LogP contribution in [0.3, 0.4) is 0 Å². The first-order chi connectivity index (χ1) is 15.1. The minimum atomic E-state index is -0.698. The van der Waals surface area contributed by atoms with Crippen LogP contribution in [-0.4, -0.2) is 28.5 Å². The number of imide groups is 1. The van der Waals surface area contributed by atoms with E-state index in [9.17, 15) is 14.4 Å². The van der Waals surface area contributed by atoms with Gasteiger partial charge in [-0.3, -0.25) is 14.4 Å². The number of aryl methyl sites for hydroxylation is 2. The Hall–Kier alpha value is -3.21. The van der Waals surface area contributed by atoms with Gasteiger partial charge in [-0.2, -0.15) is 0 Å². The average molecular weight is 429 g/mol. The molecule has 0 saturated carbocycles. The third-order valence-electron chi connectivity index (χ3n) is 6.93. The van der Waals surface area contributed by atoms with Gasteiger partial charge in [-0.25, -0.2) is 4.90 Å². The van der Waals surface area contributed by atoms with Gasteiger partial charge in [-0.05, 0) is 54.3 Å². The van der Waals surface area contributed by atoms with E-state index in [2.05, 4.69) is 0 Å². The highest BCUT2D eigenvalue weighted by Crippen LogP contribution is 2.54. The summed E-state index contributed by atoms with van der Waals surface area (Å²) in [6, 6.07) is 12.7. The second-order valence-corrected chi connectivity index (χ2v) is 10.3. The summed E-state index contributed by atoms with van der Waals surface area (Å²) in [5.74, 6) is -1.79. The van der Waals surface area contributed by atoms with Gasteiger partial charge in [0.05, 0.1) is 23.6 Å². The van der Waals surface area contributed by atoms with Gasteiger partial charge in [0.15, 0.2) is 5.78 Å². The van der Waals surface area contributed by atoms with Gasteiger partial charge in [0, 0.05) is 11.6 Å². The summed E-state index contributed by atoms with van der Waals surface area (Å²) in [6.45, 7) is 9.54. The Morgan fingerprint density at radius 3 is 2.19 bits per heavy atom. The number of hydrogen-bond donors (Lipinski definition) is 0. The van der Waals surface area contributed by atoms with E-state index in [-0.39, 0.29) is 23.6 Å². The van der Waals surface area contributed by atoms with E-state index in [1.54, 1.807) is 0 Å². The van der Waals surface area contributed by atoms with Gasteiger partial charge in [-0.15, -0.1) is 0 Å². The number of amides is 2. The predicted octanol–water partition coefficient (Wildman–Crippen LogP) is 4.43. The molecule has 0 unspecified atom stereocenters. The molecule has 0 aromatic heterocycles. The summed E-state index contributed by atoms with van der Waals surface area (Å²) in [6.07, 6.45) is 3.88. The third-order valence-corrected chi connectivity index (χ3v) is 6.93. The minimum absolute atomic E-state index is 0.0116. The summed E-state index contributed by atoms with van der Waals surface area (Å²) in [5, 5.41) is 0. The molecule has 0 radical (unpaired) electrons. The fourth-order valence-corrected chi connectivity index (χ4v) is 5.64. The Morgan fingerprint density at radius 1 is 0.906 bits per heavy atom. The zero-order valence-electron chi connectivity index (χ0n) is 19.1. The first-order valence-electron chi connectivity index (χ1n) is 11.1. The number of ketones is 1. The predicted molar refractivity (Wildman–Crippen MR) is 124 cm³/mol. The number of anilines is 1. The van der Waals surface area contributed by atoms with Crippen LogP contribution in [0.5, 0.6) is 0 Å². The summed E-state index contributed by atoms with van der Waals surface area (Å²) in [4.78, 5) is 44.6. The fourth-order valence-electron chi connectivity index (χ4n) is 5.64. The zero-order valence-corrected chi connectivity index (χ0v) is 19.1. The van der Waals surface area contributed by atoms with Gasteiger partial charge in [-0.1, -0.05) is 51.1 Å². The second kappa shape index (κ2) is 6.89. The molecule has 32 heavy (non-hydrogen) atoms. The summed E-state index contributed by atoms with van der Waals surface area (Å²) in [5.41, 5.74) is 3.98. The molecule has 3 heterocycles. The molecule has 0 N–H and O–H groups in total. The monoisotopic (exact) mass is 428 g/mol. The van der Waals surface area contributed by atoms with Gasteiger partial charge >= 0.3 is 0 Å². The number of nitrogens with zero attached hydrogens (tertiary/aromatic N) is 2. The summed E-state index contributed by atoms with van der Waals surface area (Å²) < 4.78 is 0. The van der Waals surface area contributed by atoms with Crippen LogP contribution in [0.25, 0.3) is 6.08 Å². The number of carbonyl (C=O) groups excluding carboxylic acids is 3. The Morgan fingerprint density at radius 2 is 1.53 bits per heavy atom. The van der Waals surface area contributed by atoms with Crippen LogP contribution >= 0.6 is 0 Å². The second-order valence-electron chi connectivity index (χ2n) is 10.3. The lowest BCUT2D eigenvalue weighted by Crippen LogP contribution is -2.47. The molecular formula is C27H28N2O3. The fraction of sp³-hybridized carbons (Fsp3) is 0.370. The van der Waals surface area contributed by atoms with Gasteiger partial charge in [0.2, 0.25) is 11.8 Å². The number of carbonyl (C=O) groups is 3. The van der Waals surface area contributed by atoms with E-state index in [0.717, 1.165) is 22.3 Å². The molecule has 3 aliphatic rings. The van der Waals surface area contributed by atoms with Gasteiger partial charge in [0.1, 0.15) is 6.04 Å². The first kappa shape index (κ1) is 20.7. The number of rotatable bonds is 2. The quantitative estimate of drug-likeness (QED) is 0.664. The van der Waals surface area contributed by atoms with Crippen LogP contribution in [0.4, 0.5) is 5.69 Å². The summed E-state index contributed by atoms with van der Waals surface area (Å²) >= 11 is 0. The largest absolute Gasteiger partial charge is 0.359 e. The molecule has 164 valence electrons. The SMILES string of the molecule is Cc1cc(C)cc(N2C(=O)[C@@H]3[C@H](C2=O)[C@@H]2c4ccccc4C=CN2[C@@H]3C(=O)C(C)(C)C)c1. The standard InChI is InChI=1S/C27H28N2O3/c1-15-12-16(2)14-18(13-15)29-25(31)20-21(26(29)32)23(24(30)27(3,4)5)28-11-10-17-8-6-7-9-19(17)22(20)28/h6-14,20-23H,1-5H3/t20-,21+,22-,23-/m0/s1. The van der Waals surface area contributed by atoms with E-state index in [1.807, 2.05) is 94.3 Å². The highest BCUT2D eigenvalue weighted by atomic mass is 16.2. The van der Waals surface area contributed by atoms with Gasteiger partial charge in [0.25, 0.3) is 0 Å². The van der Waals surface area contributed by atoms with Crippen molar-refractivity contribution >= 4 is 29.4 Å². The molecule has 5 nitrogen and oxygen atoms in total. The van der Waals surface area contributed by atoms with Crippen molar-refractivity contribution in [1.82, 2.24) is 4.90 Å². The molecule has 2 amide bonds. The zero-order chi connectivity index (χ0) is 22.9. The molecule has 0 bridgehead atoms. The van der Waals surface area contributed by atoms with Crippen LogP contribution in [0.1, 0.15) is 49.1 Å². The van der Waals surface area contributed by atoms with E-state index in [1.165, 1.54) is 4.90 Å². The highest BCUT2D eigenvalue weighted by Gasteiger charge is 2.65. The molecule has 5 heteroatoms. The van der Waals surface area contributed by atoms with Crippen LogP contribution in [-0.2, 0) is 14.4 Å². The lowest BCUT2D eigenvalue weighted by Gasteiger charge is -2.37. The molecule has 4 atom stereocenters. The molecular weight excluding hydrogens is 400 g/mol. The Balaban J connectivity index is 1.68. The number of hydrogen-bond acceptors (Lipinski definition) is 4. The number of fused-ring (bicyclic) bond motifs is 5. The number of Topliss-reactive ketones (excluding diaryl/α,β-unsaturated/α-hetero) is 1. The van der Waals surface area contributed by atoms with Crippen LogP contribution in [0.15, 0.2) is 48.7 Å². The van der Waals surface area contributed by atoms with Crippen molar-refractivity contribution in [3.8, 4) is 0 Å². The molecule has 5 rings (SSSR count). The van der Waals surface area contributed by atoms with Crippen molar-refractivity contribution in [3.05, 3.63) is 70.9 Å². The van der Waals surface area contributed by atoms with Crippen molar-refractivity contribution in [2.24, 2.45) is 17.3 Å². The molecule has 2 aromatic rings. The van der Waals surface area contributed by atoms with E-state index < -0.39 is 23.3 Å². The van der Waals surface area contributed by atoms with Crippen molar-refractivity contribution < 1.29 is 14.4 Å². The molecule has 2 aromatic carbocycles.